The van der Waals surface area contributed by atoms with Gasteiger partial charge in [-0.2, -0.15) is 0 Å². The molecule has 142 valence electrons. The lowest BCUT2D eigenvalue weighted by molar-refractivity contribution is -0.114. The fraction of sp³-hybridized carbons (Fsp3) is 0.0952. The van der Waals surface area contributed by atoms with E-state index in [4.69, 9.17) is 16.3 Å². The van der Waals surface area contributed by atoms with Crippen LogP contribution in [0.3, 0.4) is 0 Å². The third kappa shape index (κ3) is 5.56. The topological polar surface area (TPSA) is 80.3 Å². The van der Waals surface area contributed by atoms with E-state index in [0.29, 0.717) is 34.4 Å². The van der Waals surface area contributed by atoms with Gasteiger partial charge in [-0.25, -0.2) is 4.98 Å². The highest BCUT2D eigenvalue weighted by atomic mass is 35.5. The Morgan fingerprint density at radius 2 is 1.71 bits per heavy atom. The van der Waals surface area contributed by atoms with Crippen LogP contribution in [0.5, 0.6) is 5.75 Å². The lowest BCUT2D eigenvalue weighted by atomic mass is 10.2. The van der Waals surface area contributed by atoms with Gasteiger partial charge in [0.1, 0.15) is 18.2 Å². The van der Waals surface area contributed by atoms with Gasteiger partial charge in [-0.05, 0) is 54.1 Å². The van der Waals surface area contributed by atoms with Gasteiger partial charge in [0.05, 0.1) is 0 Å². The first kappa shape index (κ1) is 19.4. The Morgan fingerprint density at radius 3 is 2.39 bits per heavy atom. The van der Waals surface area contributed by atoms with E-state index in [2.05, 4.69) is 15.6 Å². The smallest absolute Gasteiger partial charge is 0.255 e. The summed E-state index contributed by atoms with van der Waals surface area (Å²) in [6, 6.07) is 17.6. The van der Waals surface area contributed by atoms with Gasteiger partial charge in [-0.3, -0.25) is 9.59 Å². The van der Waals surface area contributed by atoms with Crippen LogP contribution in [0.25, 0.3) is 0 Å². The normalized spacial score (nSPS) is 10.2. The van der Waals surface area contributed by atoms with Crippen LogP contribution in [0, 0.1) is 0 Å². The number of ether oxygens (including phenoxy) is 1. The molecule has 1 heterocycles. The quantitative estimate of drug-likeness (QED) is 0.642. The molecule has 2 aromatic carbocycles. The maximum atomic E-state index is 12.4. The van der Waals surface area contributed by atoms with Crippen molar-refractivity contribution >= 4 is 34.9 Å². The molecule has 0 spiro atoms. The summed E-state index contributed by atoms with van der Waals surface area (Å²) in [4.78, 5) is 27.5. The summed E-state index contributed by atoms with van der Waals surface area (Å²) in [5.74, 6) is 0.457. The molecule has 0 aliphatic rings. The van der Waals surface area contributed by atoms with Crippen molar-refractivity contribution in [2.75, 3.05) is 10.6 Å². The Balaban J connectivity index is 1.58. The number of carbonyl (C=O) groups is 2. The van der Waals surface area contributed by atoms with Crippen LogP contribution >= 0.6 is 11.6 Å². The average Bonchev–Trinajstić information content (AvgIpc) is 2.68. The molecule has 2 N–H and O–H groups in total. The van der Waals surface area contributed by atoms with Gasteiger partial charge in [0, 0.05) is 29.4 Å². The summed E-state index contributed by atoms with van der Waals surface area (Å²) in [5.41, 5.74) is 2.03. The minimum atomic E-state index is -0.302. The van der Waals surface area contributed by atoms with Crippen LogP contribution in [-0.4, -0.2) is 16.8 Å². The Bertz CT molecular complexity index is 973. The van der Waals surface area contributed by atoms with Crippen LogP contribution in [0.4, 0.5) is 11.5 Å². The second-order valence-corrected chi connectivity index (χ2v) is 6.44. The zero-order chi connectivity index (χ0) is 19.9. The molecular weight excluding hydrogens is 378 g/mol. The van der Waals surface area contributed by atoms with E-state index in [-0.39, 0.29) is 11.8 Å². The zero-order valence-electron chi connectivity index (χ0n) is 15.1. The molecule has 28 heavy (non-hydrogen) atoms. The molecule has 0 saturated heterocycles. The molecule has 0 saturated carbocycles. The van der Waals surface area contributed by atoms with Crippen molar-refractivity contribution in [3.63, 3.8) is 0 Å². The molecule has 0 radical (unpaired) electrons. The number of halogens is 1. The fourth-order valence-corrected chi connectivity index (χ4v) is 2.53. The summed E-state index contributed by atoms with van der Waals surface area (Å²) >= 11 is 5.87. The van der Waals surface area contributed by atoms with Crippen molar-refractivity contribution in [1.29, 1.82) is 0 Å². The molecular formula is C21H18ClN3O3. The number of nitrogens with zero attached hydrogens (tertiary/aromatic N) is 1. The molecule has 3 rings (SSSR count). The van der Waals surface area contributed by atoms with E-state index in [1.165, 1.54) is 19.2 Å². The van der Waals surface area contributed by atoms with Crippen LogP contribution in [0.2, 0.25) is 5.02 Å². The lowest BCUT2D eigenvalue weighted by Gasteiger charge is -2.09. The largest absolute Gasteiger partial charge is 0.489 e. The van der Waals surface area contributed by atoms with Crippen molar-refractivity contribution in [3.8, 4) is 5.75 Å². The lowest BCUT2D eigenvalue weighted by Crippen LogP contribution is -2.13. The fourth-order valence-electron chi connectivity index (χ4n) is 2.41. The number of hydrogen-bond acceptors (Lipinski definition) is 4. The standard InChI is InChI=1S/C21H18ClN3O3/c1-14(26)24-20-12-16(10-11-23-20)21(27)25-18-6-8-19(9-7-18)28-13-15-2-4-17(22)5-3-15/h2-12H,13H2,1H3,(H,25,27)(H,23,24,26). The Hall–Kier alpha value is -3.38. The first-order chi connectivity index (χ1) is 13.5. The molecule has 0 aliphatic heterocycles. The van der Waals surface area contributed by atoms with Gasteiger partial charge in [0.2, 0.25) is 5.91 Å². The van der Waals surface area contributed by atoms with Crippen LogP contribution in [-0.2, 0) is 11.4 Å². The minimum absolute atomic E-state index is 0.251. The molecule has 3 aromatic rings. The first-order valence-corrected chi connectivity index (χ1v) is 8.90. The molecule has 0 aliphatic carbocycles. The first-order valence-electron chi connectivity index (χ1n) is 8.52. The van der Waals surface area contributed by atoms with Gasteiger partial charge in [0.25, 0.3) is 5.91 Å². The third-order valence-electron chi connectivity index (χ3n) is 3.76. The van der Waals surface area contributed by atoms with Crippen molar-refractivity contribution in [1.82, 2.24) is 4.98 Å². The molecule has 1 aromatic heterocycles. The molecule has 0 fully saturated rings. The summed E-state index contributed by atoms with van der Waals surface area (Å²) in [6.45, 7) is 1.80. The van der Waals surface area contributed by atoms with Crippen molar-refractivity contribution < 1.29 is 14.3 Å². The van der Waals surface area contributed by atoms with E-state index in [1.807, 2.05) is 24.3 Å². The number of pyridine rings is 1. The Morgan fingerprint density at radius 1 is 1.00 bits per heavy atom. The van der Waals surface area contributed by atoms with Crippen molar-refractivity contribution in [3.05, 3.63) is 83.0 Å². The van der Waals surface area contributed by atoms with Gasteiger partial charge in [-0.1, -0.05) is 23.7 Å². The number of aromatic nitrogens is 1. The van der Waals surface area contributed by atoms with Gasteiger partial charge >= 0.3 is 0 Å². The summed E-state index contributed by atoms with van der Waals surface area (Å²) < 4.78 is 5.72. The molecule has 6 nitrogen and oxygen atoms in total. The highest BCUT2D eigenvalue weighted by Gasteiger charge is 2.08. The summed E-state index contributed by atoms with van der Waals surface area (Å²) in [6.07, 6.45) is 1.47. The number of nitrogens with one attached hydrogen (secondary N) is 2. The number of carbonyl (C=O) groups excluding carboxylic acids is 2. The number of amides is 2. The molecule has 7 heteroatoms. The Labute approximate surface area is 167 Å². The predicted molar refractivity (Wildman–Crippen MR) is 109 cm³/mol. The highest BCUT2D eigenvalue weighted by molar-refractivity contribution is 6.30. The van der Waals surface area contributed by atoms with E-state index >= 15 is 0 Å². The summed E-state index contributed by atoms with van der Waals surface area (Å²) in [7, 11) is 0. The number of rotatable bonds is 6. The van der Waals surface area contributed by atoms with Crippen LogP contribution in [0.15, 0.2) is 66.9 Å². The monoisotopic (exact) mass is 395 g/mol. The van der Waals surface area contributed by atoms with Crippen LogP contribution in [0.1, 0.15) is 22.8 Å². The van der Waals surface area contributed by atoms with E-state index in [9.17, 15) is 9.59 Å². The van der Waals surface area contributed by atoms with E-state index in [1.54, 1.807) is 30.3 Å². The maximum absolute atomic E-state index is 12.4. The molecule has 0 bridgehead atoms. The van der Waals surface area contributed by atoms with Crippen molar-refractivity contribution in [2.24, 2.45) is 0 Å². The van der Waals surface area contributed by atoms with Gasteiger partial charge in [0.15, 0.2) is 0 Å². The average molecular weight is 396 g/mol. The minimum Gasteiger partial charge on any atom is -0.489 e. The summed E-state index contributed by atoms with van der Waals surface area (Å²) in [5, 5.41) is 6.03. The van der Waals surface area contributed by atoms with Crippen molar-refractivity contribution in [2.45, 2.75) is 13.5 Å². The number of benzene rings is 2. The molecule has 0 unspecified atom stereocenters. The Kier molecular flexibility index (Phi) is 6.24. The highest BCUT2D eigenvalue weighted by Crippen LogP contribution is 2.19. The SMILES string of the molecule is CC(=O)Nc1cc(C(=O)Nc2ccc(OCc3ccc(Cl)cc3)cc2)ccn1. The second kappa shape index (κ2) is 9.01. The molecule has 0 atom stereocenters. The zero-order valence-corrected chi connectivity index (χ0v) is 15.9. The second-order valence-electron chi connectivity index (χ2n) is 6.00. The number of hydrogen-bond donors (Lipinski definition) is 2. The third-order valence-corrected chi connectivity index (χ3v) is 4.01. The van der Waals surface area contributed by atoms with E-state index in [0.717, 1.165) is 5.56 Å². The van der Waals surface area contributed by atoms with Gasteiger partial charge in [-0.15, -0.1) is 0 Å². The predicted octanol–water partition coefficient (Wildman–Crippen LogP) is 4.52. The van der Waals surface area contributed by atoms with E-state index < -0.39 is 0 Å². The van der Waals surface area contributed by atoms with Gasteiger partial charge < -0.3 is 15.4 Å². The maximum Gasteiger partial charge on any atom is 0.255 e. The molecule has 2 amide bonds. The number of anilines is 2. The van der Waals surface area contributed by atoms with Crippen LogP contribution < -0.4 is 15.4 Å².